The average Bonchev–Trinajstić information content (AvgIpc) is 2.53. The fraction of sp³-hybridized carbons (Fsp3) is 0.500. The maximum Gasteiger partial charge on any atom is 0.306 e. The van der Waals surface area contributed by atoms with E-state index in [2.05, 4.69) is 5.10 Å². The Labute approximate surface area is 80.7 Å². The van der Waals surface area contributed by atoms with Crippen LogP contribution in [0.4, 0.5) is 5.69 Å². The van der Waals surface area contributed by atoms with Crippen LogP contribution in [-0.4, -0.2) is 21.0 Å². The van der Waals surface area contributed by atoms with Crippen molar-refractivity contribution in [2.75, 3.05) is 0 Å². The Kier molecular flexibility index (Phi) is 3.33. The zero-order valence-corrected chi connectivity index (χ0v) is 7.79. The molecule has 0 N–H and O–H groups in total. The SMILES string of the molecule is CC(CC=O)Cn1cc([N+](=O)[O-])cn1. The summed E-state index contributed by atoms with van der Waals surface area (Å²) in [6, 6.07) is 0. The van der Waals surface area contributed by atoms with Crippen molar-refractivity contribution >= 4 is 12.0 Å². The Balaban J connectivity index is 2.59. The van der Waals surface area contributed by atoms with Gasteiger partial charge in [0.1, 0.15) is 18.7 Å². The van der Waals surface area contributed by atoms with E-state index in [1.807, 2.05) is 6.92 Å². The molecule has 0 spiro atoms. The van der Waals surface area contributed by atoms with E-state index in [9.17, 15) is 14.9 Å². The Morgan fingerprint density at radius 1 is 1.79 bits per heavy atom. The lowest BCUT2D eigenvalue weighted by Crippen LogP contribution is -2.08. The largest absolute Gasteiger partial charge is 0.306 e. The van der Waals surface area contributed by atoms with Gasteiger partial charge in [-0.1, -0.05) is 6.92 Å². The molecule has 14 heavy (non-hydrogen) atoms. The monoisotopic (exact) mass is 197 g/mol. The topological polar surface area (TPSA) is 78.0 Å². The summed E-state index contributed by atoms with van der Waals surface area (Å²) in [6.45, 7) is 2.41. The van der Waals surface area contributed by atoms with E-state index < -0.39 is 4.92 Å². The Morgan fingerprint density at radius 2 is 2.50 bits per heavy atom. The van der Waals surface area contributed by atoms with Crippen LogP contribution in [0, 0.1) is 16.0 Å². The number of aldehydes is 1. The molecule has 0 aliphatic rings. The van der Waals surface area contributed by atoms with Gasteiger partial charge in [-0.2, -0.15) is 5.10 Å². The highest BCUT2D eigenvalue weighted by Crippen LogP contribution is 2.10. The van der Waals surface area contributed by atoms with Gasteiger partial charge in [0, 0.05) is 13.0 Å². The zero-order valence-electron chi connectivity index (χ0n) is 7.79. The van der Waals surface area contributed by atoms with Crippen LogP contribution >= 0.6 is 0 Å². The minimum absolute atomic E-state index is 0.0247. The lowest BCUT2D eigenvalue weighted by atomic mass is 10.1. The summed E-state index contributed by atoms with van der Waals surface area (Å²) in [5.74, 6) is 0.145. The zero-order chi connectivity index (χ0) is 10.6. The fourth-order valence-corrected chi connectivity index (χ4v) is 1.10. The van der Waals surface area contributed by atoms with Crippen LogP contribution in [0.25, 0.3) is 0 Å². The van der Waals surface area contributed by atoms with E-state index in [4.69, 9.17) is 0 Å². The number of rotatable bonds is 5. The molecule has 0 aromatic carbocycles. The molecule has 1 aromatic rings. The quantitative estimate of drug-likeness (QED) is 0.401. The highest BCUT2D eigenvalue weighted by molar-refractivity contribution is 5.49. The minimum atomic E-state index is -0.492. The number of carbonyl (C=O) groups is 1. The number of carbonyl (C=O) groups excluding carboxylic acids is 1. The first-order chi connectivity index (χ1) is 6.63. The molecule has 1 aromatic heterocycles. The standard InChI is InChI=1S/C8H11N3O3/c1-7(2-3-12)5-10-6-8(4-9-10)11(13)14/h3-4,6-7H,2,5H2,1H3. The van der Waals surface area contributed by atoms with Gasteiger partial charge < -0.3 is 4.79 Å². The molecule has 0 aliphatic carbocycles. The number of nitro groups is 1. The van der Waals surface area contributed by atoms with Crippen LogP contribution in [-0.2, 0) is 11.3 Å². The lowest BCUT2D eigenvalue weighted by molar-refractivity contribution is -0.385. The number of aromatic nitrogens is 2. The molecular formula is C8H11N3O3. The maximum absolute atomic E-state index is 10.3. The van der Waals surface area contributed by atoms with Gasteiger partial charge >= 0.3 is 5.69 Å². The molecule has 0 saturated heterocycles. The predicted molar refractivity (Wildman–Crippen MR) is 48.7 cm³/mol. The van der Waals surface area contributed by atoms with Crippen molar-refractivity contribution in [3.8, 4) is 0 Å². The van der Waals surface area contributed by atoms with E-state index in [1.54, 1.807) is 0 Å². The lowest BCUT2D eigenvalue weighted by Gasteiger charge is -2.05. The van der Waals surface area contributed by atoms with E-state index >= 15 is 0 Å². The van der Waals surface area contributed by atoms with Gasteiger partial charge in [-0.3, -0.25) is 14.8 Å². The smallest absolute Gasteiger partial charge is 0.303 e. The predicted octanol–water partition coefficient (Wildman–Crippen LogP) is 1.02. The molecule has 0 saturated carbocycles. The molecule has 0 aliphatic heterocycles. The van der Waals surface area contributed by atoms with Gasteiger partial charge in [0.15, 0.2) is 0 Å². The second-order valence-electron chi connectivity index (χ2n) is 3.19. The third kappa shape index (κ3) is 2.65. The number of hydrogen-bond donors (Lipinski definition) is 0. The molecule has 0 bridgehead atoms. The van der Waals surface area contributed by atoms with Crippen LogP contribution in [0.15, 0.2) is 12.4 Å². The van der Waals surface area contributed by atoms with Gasteiger partial charge in [-0.15, -0.1) is 0 Å². The fourth-order valence-electron chi connectivity index (χ4n) is 1.10. The van der Waals surface area contributed by atoms with Crippen LogP contribution < -0.4 is 0 Å². The molecule has 1 heterocycles. The van der Waals surface area contributed by atoms with Crippen molar-refractivity contribution in [3.05, 3.63) is 22.5 Å². The molecule has 0 fully saturated rings. The highest BCUT2D eigenvalue weighted by atomic mass is 16.6. The summed E-state index contributed by atoms with van der Waals surface area (Å²) in [5, 5.41) is 14.1. The van der Waals surface area contributed by atoms with Gasteiger partial charge in [-0.25, -0.2) is 0 Å². The molecule has 1 atom stereocenters. The van der Waals surface area contributed by atoms with Crippen LogP contribution in [0.2, 0.25) is 0 Å². The number of nitrogens with zero attached hydrogens (tertiary/aromatic N) is 3. The minimum Gasteiger partial charge on any atom is -0.303 e. The molecule has 1 unspecified atom stereocenters. The summed E-state index contributed by atoms with van der Waals surface area (Å²) >= 11 is 0. The van der Waals surface area contributed by atoms with E-state index in [0.29, 0.717) is 13.0 Å². The van der Waals surface area contributed by atoms with Gasteiger partial charge in [0.05, 0.1) is 4.92 Å². The Bertz CT molecular complexity index is 334. The van der Waals surface area contributed by atoms with Crippen molar-refractivity contribution in [1.29, 1.82) is 0 Å². The van der Waals surface area contributed by atoms with Crippen molar-refractivity contribution in [2.24, 2.45) is 5.92 Å². The van der Waals surface area contributed by atoms with Crippen LogP contribution in [0.1, 0.15) is 13.3 Å². The van der Waals surface area contributed by atoms with E-state index in [0.717, 1.165) is 6.29 Å². The summed E-state index contributed by atoms with van der Waals surface area (Å²) in [5.41, 5.74) is -0.0247. The molecule has 6 nitrogen and oxygen atoms in total. The first-order valence-corrected chi connectivity index (χ1v) is 4.24. The van der Waals surface area contributed by atoms with Crippen LogP contribution in [0.3, 0.4) is 0 Å². The summed E-state index contributed by atoms with van der Waals surface area (Å²) in [7, 11) is 0. The summed E-state index contributed by atoms with van der Waals surface area (Å²) < 4.78 is 1.48. The van der Waals surface area contributed by atoms with Gasteiger partial charge in [-0.05, 0) is 5.92 Å². The first kappa shape index (κ1) is 10.4. The van der Waals surface area contributed by atoms with E-state index in [1.165, 1.54) is 17.1 Å². The highest BCUT2D eigenvalue weighted by Gasteiger charge is 2.10. The van der Waals surface area contributed by atoms with Gasteiger partial charge in [0.25, 0.3) is 0 Å². The van der Waals surface area contributed by atoms with Crippen LogP contribution in [0.5, 0.6) is 0 Å². The second kappa shape index (κ2) is 4.50. The second-order valence-corrected chi connectivity index (χ2v) is 3.19. The Morgan fingerprint density at radius 3 is 3.00 bits per heavy atom. The molecule has 0 amide bonds. The first-order valence-electron chi connectivity index (χ1n) is 4.24. The van der Waals surface area contributed by atoms with E-state index in [-0.39, 0.29) is 11.6 Å². The van der Waals surface area contributed by atoms with Gasteiger partial charge in [0.2, 0.25) is 0 Å². The molecule has 6 heteroatoms. The summed E-state index contributed by atoms with van der Waals surface area (Å²) in [4.78, 5) is 20.0. The maximum atomic E-state index is 10.3. The van der Waals surface area contributed by atoms with Crippen molar-refractivity contribution in [3.63, 3.8) is 0 Å². The summed E-state index contributed by atoms with van der Waals surface area (Å²) in [6.07, 6.45) is 3.84. The third-order valence-electron chi connectivity index (χ3n) is 1.83. The molecule has 76 valence electrons. The van der Waals surface area contributed by atoms with Crippen molar-refractivity contribution in [2.45, 2.75) is 19.9 Å². The number of hydrogen-bond acceptors (Lipinski definition) is 4. The normalized spacial score (nSPS) is 12.4. The Hall–Kier alpha value is -1.72. The van der Waals surface area contributed by atoms with Crippen molar-refractivity contribution in [1.82, 2.24) is 9.78 Å². The average molecular weight is 197 g/mol. The molecular weight excluding hydrogens is 186 g/mol. The molecule has 1 rings (SSSR count). The van der Waals surface area contributed by atoms with Crippen molar-refractivity contribution < 1.29 is 9.72 Å². The third-order valence-corrected chi connectivity index (χ3v) is 1.83. The molecule has 0 radical (unpaired) electrons.